The second-order valence-corrected chi connectivity index (χ2v) is 6.40. The molecule has 2 aromatic rings. The predicted octanol–water partition coefficient (Wildman–Crippen LogP) is 3.12. The quantitative estimate of drug-likeness (QED) is 0.255. The highest BCUT2D eigenvalue weighted by Gasteiger charge is 2.18. The molecule has 0 unspecified atom stereocenters. The number of nitriles is 1. The van der Waals surface area contributed by atoms with Crippen LogP contribution in [0.1, 0.15) is 12.7 Å². The van der Waals surface area contributed by atoms with Crippen LogP contribution in [0.4, 0.5) is 0 Å². The van der Waals surface area contributed by atoms with E-state index in [1.165, 1.54) is 11.8 Å². The van der Waals surface area contributed by atoms with Crippen LogP contribution in [0.15, 0.2) is 45.5 Å². The first-order valence-corrected chi connectivity index (χ1v) is 10.1. The van der Waals surface area contributed by atoms with Crippen molar-refractivity contribution in [2.75, 3.05) is 33.2 Å². The zero-order chi connectivity index (χ0) is 21.1. The zero-order valence-electron chi connectivity index (χ0n) is 16.6. The summed E-state index contributed by atoms with van der Waals surface area (Å²) in [6, 6.07) is 11.1. The lowest BCUT2D eigenvalue weighted by molar-refractivity contribution is -0.140. The fourth-order valence-electron chi connectivity index (χ4n) is 2.41. The summed E-state index contributed by atoms with van der Waals surface area (Å²) < 4.78 is 20.9. The van der Waals surface area contributed by atoms with Crippen LogP contribution in [-0.2, 0) is 20.8 Å². The molecule has 0 amide bonds. The minimum absolute atomic E-state index is 0.0872. The van der Waals surface area contributed by atoms with E-state index in [0.717, 1.165) is 5.56 Å². The van der Waals surface area contributed by atoms with Crippen LogP contribution in [0.3, 0.4) is 0 Å². The molecule has 0 atom stereocenters. The van der Waals surface area contributed by atoms with E-state index < -0.39 is 5.97 Å². The number of hydrogen-bond acceptors (Lipinski definition) is 9. The van der Waals surface area contributed by atoms with Gasteiger partial charge in [0.15, 0.2) is 11.3 Å². The lowest BCUT2D eigenvalue weighted by Crippen LogP contribution is -2.18. The van der Waals surface area contributed by atoms with E-state index in [2.05, 4.69) is 10.5 Å². The van der Waals surface area contributed by atoms with Crippen LogP contribution in [-0.4, -0.2) is 44.3 Å². The van der Waals surface area contributed by atoms with Crippen LogP contribution >= 0.6 is 11.8 Å². The molecule has 0 fully saturated rings. The molecule has 1 aromatic heterocycles. The van der Waals surface area contributed by atoms with Gasteiger partial charge in [-0.05, 0) is 25.3 Å². The number of hydrogen-bond donors (Lipinski definition) is 1. The molecule has 1 heterocycles. The van der Waals surface area contributed by atoms with Gasteiger partial charge >= 0.3 is 5.97 Å². The number of esters is 1. The smallest absolute Gasteiger partial charge is 0.351 e. The maximum atomic E-state index is 12.1. The van der Waals surface area contributed by atoms with Crippen molar-refractivity contribution >= 4 is 17.7 Å². The monoisotopic (exact) mass is 417 g/mol. The Labute approximate surface area is 173 Å². The highest BCUT2D eigenvalue weighted by Crippen LogP contribution is 2.29. The van der Waals surface area contributed by atoms with Gasteiger partial charge in [0.05, 0.1) is 25.3 Å². The van der Waals surface area contributed by atoms with Crippen LogP contribution in [0, 0.1) is 11.3 Å². The fraction of sp³-hybridized carbons (Fsp3) is 0.350. The summed E-state index contributed by atoms with van der Waals surface area (Å²) >= 11 is 1.24. The van der Waals surface area contributed by atoms with Crippen LogP contribution < -0.4 is 10.1 Å². The molecule has 0 saturated carbocycles. The summed E-state index contributed by atoms with van der Waals surface area (Å²) in [6.45, 7) is 3.00. The van der Waals surface area contributed by atoms with Crippen molar-refractivity contribution in [2.24, 2.45) is 0 Å². The van der Waals surface area contributed by atoms with E-state index in [1.807, 2.05) is 37.3 Å². The van der Waals surface area contributed by atoms with E-state index >= 15 is 0 Å². The number of para-hydroxylation sites is 1. The average molecular weight is 417 g/mol. The van der Waals surface area contributed by atoms with Crippen LogP contribution in [0.2, 0.25) is 0 Å². The van der Waals surface area contributed by atoms with Crippen molar-refractivity contribution in [1.82, 2.24) is 10.5 Å². The molecule has 29 heavy (non-hydrogen) atoms. The van der Waals surface area contributed by atoms with Crippen molar-refractivity contribution < 1.29 is 23.5 Å². The molecule has 1 N–H and O–H groups in total. The standard InChI is InChI=1S/C20H23N3O5S/c1-4-26-9-10-27-20(24)16(12-21)19(29-3)22-13-14-11-17(23-28-14)15-7-5-6-8-18(15)25-2/h5-8,11,22H,4,9-10,13H2,1-3H3/b19-16+. The summed E-state index contributed by atoms with van der Waals surface area (Å²) in [4.78, 5) is 12.1. The number of methoxy groups -OCH3 is 1. The second kappa shape index (κ2) is 11.8. The summed E-state index contributed by atoms with van der Waals surface area (Å²) in [5.41, 5.74) is 1.34. The van der Waals surface area contributed by atoms with Crippen LogP contribution in [0.5, 0.6) is 5.75 Å². The Kier molecular flexibility index (Phi) is 9.08. The Morgan fingerprint density at radius 3 is 2.83 bits per heavy atom. The van der Waals surface area contributed by atoms with Gasteiger partial charge in [-0.2, -0.15) is 5.26 Å². The van der Waals surface area contributed by atoms with E-state index in [9.17, 15) is 10.1 Å². The first kappa shape index (κ1) is 22.3. The average Bonchev–Trinajstić information content (AvgIpc) is 3.22. The maximum absolute atomic E-state index is 12.1. The SMILES string of the molecule is CCOCCOC(=O)/C(C#N)=C(\NCc1cc(-c2ccccc2OC)no1)SC. The number of aromatic nitrogens is 1. The van der Waals surface area contributed by atoms with Gasteiger partial charge in [0.25, 0.3) is 0 Å². The molecule has 0 aliphatic carbocycles. The number of benzene rings is 1. The van der Waals surface area contributed by atoms with Crippen molar-refractivity contribution in [3.05, 3.63) is 46.7 Å². The van der Waals surface area contributed by atoms with Gasteiger partial charge in [0.1, 0.15) is 24.1 Å². The van der Waals surface area contributed by atoms with Gasteiger partial charge in [-0.1, -0.05) is 17.3 Å². The molecule has 0 spiro atoms. The van der Waals surface area contributed by atoms with E-state index in [4.69, 9.17) is 18.7 Å². The molecule has 0 aliphatic heterocycles. The first-order valence-electron chi connectivity index (χ1n) is 8.90. The highest BCUT2D eigenvalue weighted by atomic mass is 32.2. The number of carbonyl (C=O) groups is 1. The summed E-state index contributed by atoms with van der Waals surface area (Å²) in [7, 11) is 1.59. The molecule has 2 rings (SSSR count). The Morgan fingerprint density at radius 1 is 1.34 bits per heavy atom. The number of nitrogens with zero attached hydrogens (tertiary/aromatic N) is 2. The highest BCUT2D eigenvalue weighted by molar-refractivity contribution is 8.02. The van der Waals surface area contributed by atoms with Crippen molar-refractivity contribution in [3.8, 4) is 23.1 Å². The van der Waals surface area contributed by atoms with Crippen LogP contribution in [0.25, 0.3) is 11.3 Å². The van der Waals surface area contributed by atoms with Crippen molar-refractivity contribution in [1.29, 1.82) is 5.26 Å². The lowest BCUT2D eigenvalue weighted by Gasteiger charge is -2.10. The first-order chi connectivity index (χ1) is 14.1. The number of carbonyl (C=O) groups excluding carboxylic acids is 1. The number of rotatable bonds is 11. The summed E-state index contributed by atoms with van der Waals surface area (Å²) in [6.07, 6.45) is 1.76. The number of nitrogens with one attached hydrogen (secondary N) is 1. The third-order valence-electron chi connectivity index (χ3n) is 3.78. The molecular weight excluding hydrogens is 394 g/mol. The third-order valence-corrected chi connectivity index (χ3v) is 4.53. The Balaban J connectivity index is 2.06. The topological polar surface area (TPSA) is 107 Å². The molecule has 154 valence electrons. The van der Waals surface area contributed by atoms with Gasteiger partial charge in [-0.3, -0.25) is 0 Å². The molecule has 0 saturated heterocycles. The fourth-order valence-corrected chi connectivity index (χ4v) is 2.96. The van der Waals surface area contributed by atoms with Crippen molar-refractivity contribution in [3.63, 3.8) is 0 Å². The zero-order valence-corrected chi connectivity index (χ0v) is 17.4. The van der Waals surface area contributed by atoms with Gasteiger partial charge in [0, 0.05) is 18.2 Å². The molecule has 8 nitrogen and oxygen atoms in total. The van der Waals surface area contributed by atoms with E-state index in [0.29, 0.717) is 28.8 Å². The largest absolute Gasteiger partial charge is 0.496 e. The minimum Gasteiger partial charge on any atom is -0.496 e. The Hall–Kier alpha value is -2.96. The molecule has 0 radical (unpaired) electrons. The molecule has 0 aliphatic rings. The maximum Gasteiger partial charge on any atom is 0.351 e. The molecule has 0 bridgehead atoms. The van der Waals surface area contributed by atoms with Gasteiger partial charge in [-0.15, -0.1) is 11.8 Å². The lowest BCUT2D eigenvalue weighted by atomic mass is 10.1. The van der Waals surface area contributed by atoms with Crippen molar-refractivity contribution in [2.45, 2.75) is 13.5 Å². The number of ether oxygens (including phenoxy) is 3. The van der Waals surface area contributed by atoms with E-state index in [1.54, 1.807) is 19.4 Å². The van der Waals surface area contributed by atoms with Gasteiger partial charge in [-0.25, -0.2) is 4.79 Å². The molecule has 9 heteroatoms. The van der Waals surface area contributed by atoms with E-state index in [-0.39, 0.29) is 25.3 Å². The van der Waals surface area contributed by atoms with Gasteiger partial charge in [0.2, 0.25) is 0 Å². The van der Waals surface area contributed by atoms with Gasteiger partial charge < -0.3 is 24.1 Å². The predicted molar refractivity (Wildman–Crippen MR) is 109 cm³/mol. The number of thioether (sulfide) groups is 1. The summed E-state index contributed by atoms with van der Waals surface area (Å²) in [5, 5.41) is 16.9. The molecular formula is C20H23N3O5S. The summed E-state index contributed by atoms with van der Waals surface area (Å²) in [5.74, 6) is 0.530. The minimum atomic E-state index is -0.698. The molecule has 1 aromatic carbocycles. The Bertz CT molecular complexity index is 888. The third kappa shape index (κ3) is 6.27. The normalized spacial score (nSPS) is 11.4. The second-order valence-electron chi connectivity index (χ2n) is 5.59. The Morgan fingerprint density at radius 2 is 2.14 bits per heavy atom.